The second kappa shape index (κ2) is 9.63. The first-order valence-corrected chi connectivity index (χ1v) is 11.0. The van der Waals surface area contributed by atoms with Crippen LogP contribution in [-0.2, 0) is 4.79 Å². The predicted octanol–water partition coefficient (Wildman–Crippen LogP) is 4.50. The van der Waals surface area contributed by atoms with Crippen molar-refractivity contribution in [1.82, 2.24) is 9.80 Å². The van der Waals surface area contributed by atoms with E-state index in [9.17, 15) is 9.59 Å². The molecule has 30 heavy (non-hydrogen) atoms. The summed E-state index contributed by atoms with van der Waals surface area (Å²) < 4.78 is 0. The van der Waals surface area contributed by atoms with Crippen molar-refractivity contribution in [3.05, 3.63) is 102 Å². The molecule has 5 heteroatoms. The Kier molecular flexibility index (Phi) is 6.50. The van der Waals surface area contributed by atoms with Gasteiger partial charge in [0.05, 0.1) is 0 Å². The molecule has 0 unspecified atom stereocenters. The second-order valence-electron chi connectivity index (χ2n) is 7.21. The first-order chi connectivity index (χ1) is 14.7. The molecular formula is C25H24N2O2S. The van der Waals surface area contributed by atoms with Crippen molar-refractivity contribution in [2.45, 2.75) is 10.1 Å². The molecule has 0 bridgehead atoms. The molecule has 3 aromatic rings. The van der Waals surface area contributed by atoms with Crippen LogP contribution >= 0.6 is 11.8 Å². The molecule has 0 aliphatic carbocycles. The number of amides is 2. The SMILES string of the molecule is O=C(c1ccccc1)N1CCN(C(=O)[C@H](Sc2ccccc2)c2ccccc2)CC1. The minimum absolute atomic E-state index is 0.0287. The average molecular weight is 417 g/mol. The van der Waals surface area contributed by atoms with Gasteiger partial charge in [-0.15, -0.1) is 11.8 Å². The number of benzene rings is 3. The first kappa shape index (κ1) is 20.2. The highest BCUT2D eigenvalue weighted by Crippen LogP contribution is 2.36. The minimum Gasteiger partial charge on any atom is -0.338 e. The van der Waals surface area contributed by atoms with Gasteiger partial charge in [-0.05, 0) is 29.8 Å². The molecule has 0 aromatic heterocycles. The summed E-state index contributed by atoms with van der Waals surface area (Å²) in [6.07, 6.45) is 0. The molecule has 1 heterocycles. The molecule has 0 spiro atoms. The van der Waals surface area contributed by atoms with E-state index in [0.717, 1.165) is 10.5 Å². The van der Waals surface area contributed by atoms with Crippen molar-refractivity contribution >= 4 is 23.6 Å². The third-order valence-electron chi connectivity index (χ3n) is 5.22. The van der Waals surface area contributed by atoms with Gasteiger partial charge < -0.3 is 9.80 Å². The molecule has 0 saturated carbocycles. The Labute approximate surface area is 181 Å². The van der Waals surface area contributed by atoms with Gasteiger partial charge in [0.1, 0.15) is 5.25 Å². The summed E-state index contributed by atoms with van der Waals surface area (Å²) >= 11 is 1.58. The van der Waals surface area contributed by atoms with Crippen LogP contribution in [0, 0.1) is 0 Å². The van der Waals surface area contributed by atoms with Crippen LogP contribution in [0.1, 0.15) is 21.2 Å². The van der Waals surface area contributed by atoms with E-state index in [-0.39, 0.29) is 17.1 Å². The zero-order chi connectivity index (χ0) is 20.8. The summed E-state index contributed by atoms with van der Waals surface area (Å²) in [7, 11) is 0. The maximum atomic E-state index is 13.5. The van der Waals surface area contributed by atoms with Crippen molar-refractivity contribution in [1.29, 1.82) is 0 Å². The normalized spacial score (nSPS) is 14.9. The van der Waals surface area contributed by atoms with Crippen LogP contribution in [0.4, 0.5) is 0 Å². The van der Waals surface area contributed by atoms with Crippen LogP contribution in [0.3, 0.4) is 0 Å². The summed E-state index contributed by atoms with van der Waals surface area (Å²) in [5, 5.41) is -0.301. The third kappa shape index (κ3) is 4.74. The van der Waals surface area contributed by atoms with Crippen LogP contribution in [0.15, 0.2) is 95.9 Å². The smallest absolute Gasteiger partial charge is 0.253 e. The maximum Gasteiger partial charge on any atom is 0.253 e. The van der Waals surface area contributed by atoms with Gasteiger partial charge in [0.15, 0.2) is 0 Å². The molecule has 2 amide bonds. The van der Waals surface area contributed by atoms with Gasteiger partial charge in [0.2, 0.25) is 5.91 Å². The van der Waals surface area contributed by atoms with Gasteiger partial charge in [-0.1, -0.05) is 66.7 Å². The summed E-state index contributed by atoms with van der Waals surface area (Å²) in [5.41, 5.74) is 1.69. The van der Waals surface area contributed by atoms with E-state index in [1.54, 1.807) is 11.8 Å². The minimum atomic E-state index is -0.301. The van der Waals surface area contributed by atoms with Crippen molar-refractivity contribution in [2.24, 2.45) is 0 Å². The third-order valence-corrected chi connectivity index (χ3v) is 6.48. The average Bonchev–Trinajstić information content (AvgIpc) is 2.83. The lowest BCUT2D eigenvalue weighted by Crippen LogP contribution is -2.51. The van der Waals surface area contributed by atoms with E-state index < -0.39 is 0 Å². The highest BCUT2D eigenvalue weighted by atomic mass is 32.2. The Morgan fingerprint density at radius 3 is 1.77 bits per heavy atom. The molecular weight excluding hydrogens is 392 g/mol. The second-order valence-corrected chi connectivity index (χ2v) is 8.38. The molecule has 1 saturated heterocycles. The Bertz CT molecular complexity index is 972. The number of piperazine rings is 1. The van der Waals surface area contributed by atoms with Gasteiger partial charge in [-0.3, -0.25) is 9.59 Å². The molecule has 4 nitrogen and oxygen atoms in total. The molecule has 3 aromatic carbocycles. The lowest BCUT2D eigenvalue weighted by Gasteiger charge is -2.36. The fourth-order valence-electron chi connectivity index (χ4n) is 3.58. The molecule has 0 N–H and O–H groups in total. The van der Waals surface area contributed by atoms with Crippen molar-refractivity contribution < 1.29 is 9.59 Å². The predicted molar refractivity (Wildman–Crippen MR) is 120 cm³/mol. The fraction of sp³-hybridized carbons (Fsp3) is 0.200. The van der Waals surface area contributed by atoms with E-state index in [1.165, 1.54) is 0 Å². The van der Waals surface area contributed by atoms with Crippen LogP contribution in [0.5, 0.6) is 0 Å². The highest BCUT2D eigenvalue weighted by molar-refractivity contribution is 8.00. The summed E-state index contributed by atoms with van der Waals surface area (Å²) in [6.45, 7) is 2.21. The number of carbonyl (C=O) groups is 2. The van der Waals surface area contributed by atoms with Gasteiger partial charge in [-0.25, -0.2) is 0 Å². The van der Waals surface area contributed by atoms with Crippen LogP contribution < -0.4 is 0 Å². The number of hydrogen-bond donors (Lipinski definition) is 0. The molecule has 0 radical (unpaired) electrons. The Morgan fingerprint density at radius 1 is 0.667 bits per heavy atom. The number of rotatable bonds is 5. The molecule has 152 valence electrons. The maximum absolute atomic E-state index is 13.5. The van der Waals surface area contributed by atoms with Gasteiger partial charge in [-0.2, -0.15) is 0 Å². The fourth-order valence-corrected chi connectivity index (χ4v) is 4.71. The quantitative estimate of drug-likeness (QED) is 0.575. The number of hydrogen-bond acceptors (Lipinski definition) is 3. The summed E-state index contributed by atoms with van der Waals surface area (Å²) in [5.74, 6) is 0.128. The Morgan fingerprint density at radius 2 is 1.17 bits per heavy atom. The van der Waals surface area contributed by atoms with Gasteiger partial charge in [0, 0.05) is 36.6 Å². The number of carbonyl (C=O) groups excluding carboxylic acids is 2. The van der Waals surface area contributed by atoms with Crippen LogP contribution in [0.2, 0.25) is 0 Å². The monoisotopic (exact) mass is 416 g/mol. The molecule has 4 rings (SSSR count). The van der Waals surface area contributed by atoms with Crippen molar-refractivity contribution in [3.8, 4) is 0 Å². The van der Waals surface area contributed by atoms with E-state index in [2.05, 4.69) is 0 Å². The largest absolute Gasteiger partial charge is 0.338 e. The van der Waals surface area contributed by atoms with E-state index in [0.29, 0.717) is 31.7 Å². The standard InChI is InChI=1S/C25H24N2O2S/c28-24(21-12-6-2-7-13-21)26-16-18-27(19-17-26)25(29)23(20-10-4-1-5-11-20)30-22-14-8-3-9-15-22/h1-15,23H,16-19H2/t23-/m1/s1. The number of thioether (sulfide) groups is 1. The lowest BCUT2D eigenvalue weighted by atomic mass is 10.1. The summed E-state index contributed by atoms with van der Waals surface area (Å²) in [4.78, 5) is 30.9. The van der Waals surface area contributed by atoms with Gasteiger partial charge in [0.25, 0.3) is 5.91 Å². The zero-order valence-corrected chi connectivity index (χ0v) is 17.5. The van der Waals surface area contributed by atoms with Gasteiger partial charge >= 0.3 is 0 Å². The van der Waals surface area contributed by atoms with Crippen LogP contribution in [0.25, 0.3) is 0 Å². The molecule has 1 fully saturated rings. The molecule has 1 aliphatic heterocycles. The Balaban J connectivity index is 1.45. The van der Waals surface area contributed by atoms with Crippen molar-refractivity contribution in [2.75, 3.05) is 26.2 Å². The van der Waals surface area contributed by atoms with E-state index in [1.807, 2.05) is 101 Å². The van der Waals surface area contributed by atoms with E-state index in [4.69, 9.17) is 0 Å². The molecule has 1 aliphatic rings. The lowest BCUT2D eigenvalue weighted by molar-refractivity contribution is -0.132. The molecule has 1 atom stereocenters. The first-order valence-electron chi connectivity index (χ1n) is 10.1. The van der Waals surface area contributed by atoms with Crippen LogP contribution in [-0.4, -0.2) is 47.8 Å². The van der Waals surface area contributed by atoms with E-state index >= 15 is 0 Å². The number of nitrogens with zero attached hydrogens (tertiary/aromatic N) is 2. The zero-order valence-electron chi connectivity index (χ0n) is 16.7. The summed E-state index contributed by atoms with van der Waals surface area (Å²) in [6, 6.07) is 29.3. The Hall–Kier alpha value is -3.05. The topological polar surface area (TPSA) is 40.6 Å². The van der Waals surface area contributed by atoms with Crippen molar-refractivity contribution in [3.63, 3.8) is 0 Å². The highest BCUT2D eigenvalue weighted by Gasteiger charge is 2.30.